The van der Waals surface area contributed by atoms with E-state index in [4.69, 9.17) is 4.74 Å². The van der Waals surface area contributed by atoms with Crippen LogP contribution in [0.15, 0.2) is 53.5 Å². The van der Waals surface area contributed by atoms with Crippen LogP contribution in [0.2, 0.25) is 0 Å². The summed E-state index contributed by atoms with van der Waals surface area (Å²) in [6, 6.07) is 13.3. The summed E-state index contributed by atoms with van der Waals surface area (Å²) in [6.45, 7) is 3.96. The average Bonchev–Trinajstić information content (AvgIpc) is 2.61. The molecule has 0 atom stereocenters. The Balaban J connectivity index is 1.53. The molecule has 26 heavy (non-hydrogen) atoms. The first-order valence-corrected chi connectivity index (χ1v) is 9.44. The third-order valence-electron chi connectivity index (χ3n) is 3.81. The molecule has 134 valence electrons. The van der Waals surface area contributed by atoms with Gasteiger partial charge in [0.05, 0.1) is 11.4 Å². The quantitative estimate of drug-likeness (QED) is 0.625. The number of benzene rings is 1. The van der Waals surface area contributed by atoms with Crippen LogP contribution < -0.4 is 5.56 Å². The number of pyridine rings is 1. The first kappa shape index (κ1) is 18.2. The number of aryl methyl sites for hydroxylation is 2. The molecular formula is C20H20N2O3S. The van der Waals surface area contributed by atoms with Crippen molar-refractivity contribution < 1.29 is 9.53 Å². The van der Waals surface area contributed by atoms with Gasteiger partial charge in [0.25, 0.3) is 5.56 Å². The topological polar surface area (TPSA) is 60.7 Å². The SMILES string of the molecule is Cc1cccc(CSCC(=O)OCc2cc(=O)n3cc(C)ccc3n2)c1. The first-order chi connectivity index (χ1) is 12.5. The Labute approximate surface area is 156 Å². The summed E-state index contributed by atoms with van der Waals surface area (Å²) in [5.41, 5.74) is 4.18. The lowest BCUT2D eigenvalue weighted by Gasteiger charge is -2.07. The zero-order valence-corrected chi connectivity index (χ0v) is 15.6. The van der Waals surface area contributed by atoms with E-state index >= 15 is 0 Å². The maximum Gasteiger partial charge on any atom is 0.316 e. The van der Waals surface area contributed by atoms with Crippen LogP contribution in [-0.2, 0) is 21.9 Å². The van der Waals surface area contributed by atoms with Crippen LogP contribution in [0.25, 0.3) is 5.65 Å². The van der Waals surface area contributed by atoms with E-state index in [-0.39, 0.29) is 23.9 Å². The predicted octanol–water partition coefficient (Wildman–Crippen LogP) is 3.29. The summed E-state index contributed by atoms with van der Waals surface area (Å²) >= 11 is 1.50. The van der Waals surface area contributed by atoms with Gasteiger partial charge in [0.15, 0.2) is 0 Å². The van der Waals surface area contributed by atoms with Crippen molar-refractivity contribution in [3.05, 3.63) is 81.4 Å². The summed E-state index contributed by atoms with van der Waals surface area (Å²) in [5.74, 6) is 0.708. The lowest BCUT2D eigenvalue weighted by atomic mass is 10.2. The minimum atomic E-state index is -0.312. The van der Waals surface area contributed by atoms with Gasteiger partial charge in [-0.05, 0) is 31.0 Å². The van der Waals surface area contributed by atoms with E-state index in [9.17, 15) is 9.59 Å². The Morgan fingerprint density at radius 1 is 1.15 bits per heavy atom. The number of hydrogen-bond donors (Lipinski definition) is 0. The fraction of sp³-hybridized carbons (Fsp3) is 0.250. The van der Waals surface area contributed by atoms with E-state index in [2.05, 4.69) is 11.1 Å². The Morgan fingerprint density at radius 3 is 2.81 bits per heavy atom. The molecular weight excluding hydrogens is 348 g/mol. The fourth-order valence-corrected chi connectivity index (χ4v) is 3.35. The molecule has 0 spiro atoms. The molecule has 0 amide bonds. The van der Waals surface area contributed by atoms with Crippen LogP contribution in [0.3, 0.4) is 0 Å². The summed E-state index contributed by atoms with van der Waals surface area (Å²) in [6.07, 6.45) is 1.74. The summed E-state index contributed by atoms with van der Waals surface area (Å²) in [7, 11) is 0. The van der Waals surface area contributed by atoms with Gasteiger partial charge in [-0.3, -0.25) is 14.0 Å². The van der Waals surface area contributed by atoms with Gasteiger partial charge >= 0.3 is 5.97 Å². The van der Waals surface area contributed by atoms with Gasteiger partial charge in [0, 0.05) is 18.0 Å². The molecule has 3 aromatic rings. The van der Waals surface area contributed by atoms with Gasteiger partial charge < -0.3 is 4.74 Å². The van der Waals surface area contributed by atoms with E-state index < -0.39 is 0 Å². The Hall–Kier alpha value is -2.60. The molecule has 0 aliphatic carbocycles. The lowest BCUT2D eigenvalue weighted by Crippen LogP contribution is -2.17. The molecule has 0 bridgehead atoms. The van der Waals surface area contributed by atoms with Gasteiger partial charge in [-0.25, -0.2) is 4.98 Å². The molecule has 0 fully saturated rings. The number of esters is 1. The van der Waals surface area contributed by atoms with Gasteiger partial charge in [-0.1, -0.05) is 35.9 Å². The molecule has 2 aromatic heterocycles. The predicted molar refractivity (Wildman–Crippen MR) is 103 cm³/mol. The number of carbonyl (C=O) groups excluding carboxylic acids is 1. The zero-order valence-electron chi connectivity index (χ0n) is 14.8. The standard InChI is InChI=1S/C20H20N2O3S/c1-14-4-3-5-16(8-14)12-26-13-20(24)25-11-17-9-19(23)22-10-15(2)6-7-18(22)21-17/h3-10H,11-13H2,1-2H3. The van der Waals surface area contributed by atoms with Crippen molar-refractivity contribution in [3.8, 4) is 0 Å². The zero-order chi connectivity index (χ0) is 18.5. The molecule has 2 heterocycles. The summed E-state index contributed by atoms with van der Waals surface area (Å²) < 4.78 is 6.73. The van der Waals surface area contributed by atoms with Gasteiger partial charge in [-0.2, -0.15) is 0 Å². The van der Waals surface area contributed by atoms with Crippen molar-refractivity contribution in [1.29, 1.82) is 0 Å². The van der Waals surface area contributed by atoms with Crippen LogP contribution in [0.4, 0.5) is 0 Å². The molecule has 1 aromatic carbocycles. The average molecular weight is 368 g/mol. The number of nitrogens with zero attached hydrogens (tertiary/aromatic N) is 2. The normalized spacial score (nSPS) is 10.8. The maximum atomic E-state index is 12.1. The highest BCUT2D eigenvalue weighted by Gasteiger charge is 2.07. The second-order valence-electron chi connectivity index (χ2n) is 6.16. The van der Waals surface area contributed by atoms with Crippen LogP contribution in [0.1, 0.15) is 22.4 Å². The van der Waals surface area contributed by atoms with Crippen molar-refractivity contribution >= 4 is 23.4 Å². The number of fused-ring (bicyclic) bond motifs is 1. The number of rotatable bonds is 6. The second kappa shape index (κ2) is 8.19. The first-order valence-electron chi connectivity index (χ1n) is 8.29. The molecule has 0 saturated carbocycles. The van der Waals surface area contributed by atoms with Crippen LogP contribution in [-0.4, -0.2) is 21.1 Å². The molecule has 5 nitrogen and oxygen atoms in total. The van der Waals surface area contributed by atoms with Gasteiger partial charge in [0.2, 0.25) is 0 Å². The van der Waals surface area contributed by atoms with Crippen molar-refractivity contribution in [1.82, 2.24) is 9.38 Å². The van der Waals surface area contributed by atoms with Gasteiger partial charge in [-0.15, -0.1) is 11.8 Å². The van der Waals surface area contributed by atoms with E-state index in [1.807, 2.05) is 38.1 Å². The second-order valence-corrected chi connectivity index (χ2v) is 7.15. The molecule has 0 saturated heterocycles. The molecule has 3 rings (SSSR count). The van der Waals surface area contributed by atoms with E-state index in [0.29, 0.717) is 11.3 Å². The monoisotopic (exact) mass is 368 g/mol. The van der Waals surface area contributed by atoms with E-state index in [1.165, 1.54) is 33.4 Å². The van der Waals surface area contributed by atoms with E-state index in [1.54, 1.807) is 12.3 Å². The largest absolute Gasteiger partial charge is 0.459 e. The third-order valence-corrected chi connectivity index (χ3v) is 4.79. The highest BCUT2D eigenvalue weighted by molar-refractivity contribution is 7.99. The molecule has 6 heteroatoms. The van der Waals surface area contributed by atoms with Crippen molar-refractivity contribution in [2.75, 3.05) is 5.75 Å². The highest BCUT2D eigenvalue weighted by atomic mass is 32.2. The Morgan fingerprint density at radius 2 is 2.00 bits per heavy atom. The third kappa shape index (κ3) is 4.73. The van der Waals surface area contributed by atoms with Crippen LogP contribution >= 0.6 is 11.8 Å². The Kier molecular flexibility index (Phi) is 5.73. The minimum Gasteiger partial charge on any atom is -0.459 e. The number of thioether (sulfide) groups is 1. The summed E-state index contributed by atoms with van der Waals surface area (Å²) in [5, 5.41) is 0. The molecule has 0 radical (unpaired) electrons. The lowest BCUT2D eigenvalue weighted by molar-refractivity contribution is -0.141. The number of aromatic nitrogens is 2. The van der Waals surface area contributed by atoms with Crippen molar-refractivity contribution in [2.24, 2.45) is 0 Å². The maximum absolute atomic E-state index is 12.1. The van der Waals surface area contributed by atoms with Crippen LogP contribution in [0.5, 0.6) is 0 Å². The molecule has 0 unspecified atom stereocenters. The fourth-order valence-electron chi connectivity index (χ4n) is 2.58. The van der Waals surface area contributed by atoms with Crippen molar-refractivity contribution in [2.45, 2.75) is 26.2 Å². The smallest absolute Gasteiger partial charge is 0.316 e. The minimum absolute atomic E-state index is 0.00343. The molecule has 0 N–H and O–H groups in total. The highest BCUT2D eigenvalue weighted by Crippen LogP contribution is 2.14. The van der Waals surface area contributed by atoms with Gasteiger partial charge in [0.1, 0.15) is 12.3 Å². The Bertz CT molecular complexity index is 998. The van der Waals surface area contributed by atoms with Crippen molar-refractivity contribution in [3.63, 3.8) is 0 Å². The number of carbonyl (C=O) groups is 1. The number of ether oxygens (including phenoxy) is 1. The molecule has 0 aliphatic rings. The van der Waals surface area contributed by atoms with E-state index in [0.717, 1.165) is 11.3 Å². The van der Waals surface area contributed by atoms with Crippen LogP contribution in [0, 0.1) is 13.8 Å². The summed E-state index contributed by atoms with van der Waals surface area (Å²) in [4.78, 5) is 28.4. The number of hydrogen-bond acceptors (Lipinski definition) is 5. The molecule has 0 aliphatic heterocycles.